The van der Waals surface area contributed by atoms with Gasteiger partial charge in [-0.25, -0.2) is 0 Å². The molecule has 3 aromatic carbocycles. The van der Waals surface area contributed by atoms with Gasteiger partial charge in [-0.05, 0) is 72.8 Å². The van der Waals surface area contributed by atoms with E-state index in [0.717, 1.165) is 0 Å². The molecule has 55 heteroatoms. The standard InChI is InChI=1S/C42H12F51O3P/c43-19(44,22(49,50)25(55,56)28(61,62)31(67,68)34(73,74)37(79,80)40(85,86)87)13-1-7-16(8-2-13)94-97(95-17-9-3-14(4-10-17)20(45,46)23(51,52)26(57,58)29(63,64)32(69,70)35(75,76)38(81,82)41(88,89)90)96-18-11-5-15(6-12-18)21(47,48)24(53,54)27(59,60)30(65,66)33(71,72)36(77,78)39(83,84)42(91,92)93/h1-12H. The summed E-state index contributed by atoms with van der Waals surface area (Å²) in [5, 5.41) is 0. The first-order chi connectivity index (χ1) is 42.0. The van der Waals surface area contributed by atoms with Crippen molar-refractivity contribution in [2.75, 3.05) is 0 Å². The van der Waals surface area contributed by atoms with Gasteiger partial charge >= 0.3 is 152 Å². The Kier molecular flexibility index (Phi) is 20.6. The van der Waals surface area contributed by atoms with E-state index in [1.54, 1.807) is 0 Å². The molecular weight excluding hydrogens is 1550 g/mol. The van der Waals surface area contributed by atoms with E-state index in [9.17, 15) is 198 Å². The smallest absolute Gasteiger partial charge is 0.409 e. The molecule has 3 nitrogen and oxygen atoms in total. The monoisotopic (exact) mass is 1560 g/mol. The zero-order chi connectivity index (χ0) is 77.6. The molecule has 97 heavy (non-hydrogen) atoms. The second-order valence-electron chi connectivity index (χ2n) is 18.6. The van der Waals surface area contributed by atoms with Crippen molar-refractivity contribution in [1.82, 2.24) is 0 Å². The fourth-order valence-electron chi connectivity index (χ4n) is 6.52. The van der Waals surface area contributed by atoms with Crippen LogP contribution >= 0.6 is 8.60 Å². The van der Waals surface area contributed by atoms with E-state index < -0.39 is 258 Å². The first-order valence-corrected chi connectivity index (χ1v) is 23.4. The molecule has 0 aliphatic rings. The molecule has 0 unspecified atom stereocenters. The van der Waals surface area contributed by atoms with Crippen LogP contribution < -0.4 is 13.6 Å². The molecule has 0 saturated carbocycles. The maximum atomic E-state index is 15.0. The summed E-state index contributed by atoms with van der Waals surface area (Å²) in [7, 11) is -4.55. The van der Waals surface area contributed by atoms with Gasteiger partial charge in [0.25, 0.3) is 0 Å². The summed E-state index contributed by atoms with van der Waals surface area (Å²) in [5.74, 6) is -189. The van der Waals surface area contributed by atoms with Gasteiger partial charge in [-0.3, -0.25) is 0 Å². The quantitative estimate of drug-likeness (QED) is 0.0562. The summed E-state index contributed by atoms with van der Waals surface area (Å²) >= 11 is 0. The predicted molar refractivity (Wildman–Crippen MR) is 207 cm³/mol. The van der Waals surface area contributed by atoms with E-state index in [0.29, 0.717) is 0 Å². The van der Waals surface area contributed by atoms with Crippen LogP contribution in [-0.2, 0) is 17.8 Å². The third-order valence-electron chi connectivity index (χ3n) is 12.4. The highest BCUT2D eigenvalue weighted by molar-refractivity contribution is 7.43. The molecule has 0 aromatic heterocycles. The van der Waals surface area contributed by atoms with Crippen LogP contribution in [0.3, 0.4) is 0 Å². The van der Waals surface area contributed by atoms with Crippen LogP contribution in [0.5, 0.6) is 17.2 Å². The van der Waals surface area contributed by atoms with Crippen LogP contribution in [0.15, 0.2) is 72.8 Å². The molecule has 3 aromatic rings. The van der Waals surface area contributed by atoms with Crippen LogP contribution in [0, 0.1) is 0 Å². The Morgan fingerprint density at radius 3 is 0.392 bits per heavy atom. The molecule has 0 spiro atoms. The largest absolute Gasteiger partial charge is 0.530 e. The number of alkyl halides is 51. The molecule has 0 amide bonds. The van der Waals surface area contributed by atoms with Gasteiger partial charge in [0.1, 0.15) is 17.2 Å². The summed E-state index contributed by atoms with van der Waals surface area (Å²) < 4.78 is 721. The minimum atomic E-state index is -9.21. The molecule has 560 valence electrons. The lowest BCUT2D eigenvalue weighted by molar-refractivity contribution is -0.462. The van der Waals surface area contributed by atoms with E-state index in [4.69, 9.17) is 0 Å². The fourth-order valence-corrected chi connectivity index (χ4v) is 7.52. The SMILES string of the molecule is FC(F)(F)C(F)(F)C(F)(F)C(F)(F)C(F)(F)C(F)(F)C(F)(F)C(F)(F)c1ccc(OP(Oc2ccc(C(F)(F)C(F)(F)C(F)(F)C(F)(F)C(F)(F)C(F)(F)C(F)(F)C(F)(F)F)cc2)Oc2ccc(C(F)(F)C(F)(F)C(F)(F)C(F)(F)C(F)(F)C(F)(F)C(F)(F)C(F)(F)F)cc2)cc1. The lowest BCUT2D eigenvalue weighted by Gasteiger charge is -2.42. The van der Waals surface area contributed by atoms with E-state index in [2.05, 4.69) is 13.6 Å². The van der Waals surface area contributed by atoms with E-state index in [1.165, 1.54) is 0 Å². The molecule has 0 bridgehead atoms. The highest BCUT2D eigenvalue weighted by Crippen LogP contribution is 2.70. The van der Waals surface area contributed by atoms with Crippen LogP contribution in [-0.4, -0.2) is 125 Å². The first-order valence-electron chi connectivity index (χ1n) is 22.3. The van der Waals surface area contributed by atoms with Crippen molar-refractivity contribution < 1.29 is 237 Å². The highest BCUT2D eigenvalue weighted by atomic mass is 31.2. The summed E-state index contributed by atoms with van der Waals surface area (Å²) in [6.45, 7) is 0. The predicted octanol–water partition coefficient (Wildman–Crippen LogP) is 21.8. The van der Waals surface area contributed by atoms with Crippen LogP contribution in [0.25, 0.3) is 0 Å². The fraction of sp³-hybridized carbons (Fsp3) is 0.571. The molecule has 0 aliphatic carbocycles. The first kappa shape index (κ1) is 85.1. The number of benzene rings is 3. The second-order valence-corrected chi connectivity index (χ2v) is 19.6. The Hall–Kier alpha value is -6.08. The summed E-state index contributed by atoms with van der Waals surface area (Å²) in [6.07, 6.45) is -24.6. The summed E-state index contributed by atoms with van der Waals surface area (Å²) in [5.41, 5.74) is -9.49. The maximum Gasteiger partial charge on any atom is 0.530 e. The minimum Gasteiger partial charge on any atom is -0.409 e. The lowest BCUT2D eigenvalue weighted by atomic mass is 9.87. The van der Waals surface area contributed by atoms with Crippen molar-refractivity contribution in [2.24, 2.45) is 0 Å². The number of hydrogen-bond acceptors (Lipinski definition) is 3. The Morgan fingerprint density at radius 2 is 0.268 bits per heavy atom. The number of rotatable bonds is 27. The normalized spacial score (nSPS) is 16.1. The topological polar surface area (TPSA) is 27.7 Å². The average Bonchev–Trinajstić information content (AvgIpc) is 0.705. The summed E-state index contributed by atoms with van der Waals surface area (Å²) in [6, 6.07) is -9.83. The molecule has 0 N–H and O–H groups in total. The van der Waals surface area contributed by atoms with Gasteiger partial charge in [0.15, 0.2) is 0 Å². The molecular formula is C42H12F51O3P. The van der Waals surface area contributed by atoms with Gasteiger partial charge < -0.3 is 13.6 Å². The molecule has 0 saturated heterocycles. The number of hydrogen-bond donors (Lipinski definition) is 0. The zero-order valence-corrected chi connectivity index (χ0v) is 43.8. The molecule has 0 aliphatic heterocycles. The third kappa shape index (κ3) is 11.8. The van der Waals surface area contributed by atoms with Gasteiger partial charge in [-0.15, -0.1) is 0 Å². The van der Waals surface area contributed by atoms with Crippen molar-refractivity contribution in [3.63, 3.8) is 0 Å². The molecule has 0 atom stereocenters. The maximum absolute atomic E-state index is 15.0. The van der Waals surface area contributed by atoms with Gasteiger partial charge in [0.05, 0.1) is 0 Å². The highest BCUT2D eigenvalue weighted by Gasteiger charge is 2.99. The molecule has 3 rings (SSSR count). The second kappa shape index (κ2) is 23.5. The minimum absolute atomic E-state index is 0.624. The van der Waals surface area contributed by atoms with Gasteiger partial charge in [-0.1, -0.05) is 0 Å². The summed E-state index contributed by atoms with van der Waals surface area (Å²) in [4.78, 5) is 0. The van der Waals surface area contributed by atoms with E-state index >= 15 is 26.3 Å². The van der Waals surface area contributed by atoms with Crippen molar-refractivity contribution in [3.05, 3.63) is 89.5 Å². The van der Waals surface area contributed by atoms with Crippen molar-refractivity contribution in [3.8, 4) is 17.2 Å². The van der Waals surface area contributed by atoms with E-state index in [-0.39, 0.29) is 0 Å². The Balaban J connectivity index is 2.27. The Labute approximate surface area is 496 Å². The lowest BCUT2D eigenvalue weighted by Crippen LogP contribution is -2.74. The molecule has 0 radical (unpaired) electrons. The zero-order valence-electron chi connectivity index (χ0n) is 42.9. The van der Waals surface area contributed by atoms with Gasteiger partial charge in [0, 0.05) is 16.7 Å². The third-order valence-corrected chi connectivity index (χ3v) is 13.4. The van der Waals surface area contributed by atoms with Crippen molar-refractivity contribution in [2.45, 2.75) is 143 Å². The Bertz CT molecular complexity index is 2900. The van der Waals surface area contributed by atoms with Gasteiger partial charge in [0.2, 0.25) is 0 Å². The number of halogens is 51. The van der Waals surface area contributed by atoms with Crippen molar-refractivity contribution >= 4 is 8.60 Å². The van der Waals surface area contributed by atoms with E-state index in [1.807, 2.05) is 0 Å². The van der Waals surface area contributed by atoms with Crippen LogP contribution in [0.2, 0.25) is 0 Å². The van der Waals surface area contributed by atoms with Crippen molar-refractivity contribution in [1.29, 1.82) is 0 Å². The van der Waals surface area contributed by atoms with Gasteiger partial charge in [-0.2, -0.15) is 224 Å². The molecule has 0 heterocycles. The Morgan fingerprint density at radius 1 is 0.155 bits per heavy atom. The molecule has 0 fully saturated rings. The van der Waals surface area contributed by atoms with Crippen LogP contribution in [0.4, 0.5) is 224 Å². The van der Waals surface area contributed by atoms with Crippen LogP contribution in [0.1, 0.15) is 16.7 Å². The average molecular weight is 1560 g/mol.